The molecule has 1 aromatic carbocycles. The van der Waals surface area contributed by atoms with Crippen LogP contribution in [0, 0.1) is 10.1 Å². The highest BCUT2D eigenvalue weighted by molar-refractivity contribution is 5.95. The molecule has 4 heteroatoms. The Morgan fingerprint density at radius 1 is 1.21 bits per heavy atom. The molecular formula is C15H12N2O2. The molecule has 1 aromatic heterocycles. The van der Waals surface area contributed by atoms with Crippen molar-refractivity contribution in [2.45, 2.75) is 6.04 Å². The standard InChI is InChI=1S/C15H12N2O2/c18-17(19)12-5-3-4-11(8-9-12)14-10-16-15-7-2-1-6-13(14)15/h1-10,12,16H. The van der Waals surface area contributed by atoms with E-state index in [1.54, 1.807) is 18.2 Å². The fourth-order valence-electron chi connectivity index (χ4n) is 2.23. The SMILES string of the molecule is O=[N+]([O-])C1C=CC=C(c2c[nH]c3ccccc23)C=C1. The number of allylic oxidation sites excluding steroid dienone is 4. The molecule has 2 aromatic rings. The molecule has 94 valence electrons. The molecule has 0 saturated heterocycles. The van der Waals surface area contributed by atoms with Gasteiger partial charge in [-0.25, -0.2) is 0 Å². The van der Waals surface area contributed by atoms with E-state index >= 15 is 0 Å². The summed E-state index contributed by atoms with van der Waals surface area (Å²) in [6, 6.07) is 7.25. The van der Waals surface area contributed by atoms with Crippen LogP contribution in [0.25, 0.3) is 16.5 Å². The van der Waals surface area contributed by atoms with Gasteiger partial charge in [0.1, 0.15) is 0 Å². The van der Waals surface area contributed by atoms with Gasteiger partial charge >= 0.3 is 0 Å². The molecule has 1 N–H and O–H groups in total. The maximum atomic E-state index is 10.8. The summed E-state index contributed by atoms with van der Waals surface area (Å²) in [4.78, 5) is 13.7. The Balaban J connectivity index is 2.04. The number of fused-ring (bicyclic) bond motifs is 1. The van der Waals surface area contributed by atoms with Crippen molar-refractivity contribution >= 4 is 16.5 Å². The molecule has 19 heavy (non-hydrogen) atoms. The highest BCUT2D eigenvalue weighted by Crippen LogP contribution is 2.27. The molecule has 1 heterocycles. The third kappa shape index (κ3) is 2.08. The number of H-pyrrole nitrogens is 1. The number of para-hydroxylation sites is 1. The van der Waals surface area contributed by atoms with Crippen molar-refractivity contribution in [2.24, 2.45) is 0 Å². The predicted molar refractivity (Wildman–Crippen MR) is 75.3 cm³/mol. The van der Waals surface area contributed by atoms with Crippen molar-refractivity contribution < 1.29 is 4.92 Å². The summed E-state index contributed by atoms with van der Waals surface area (Å²) < 4.78 is 0. The first kappa shape index (κ1) is 11.5. The molecule has 4 nitrogen and oxygen atoms in total. The van der Waals surface area contributed by atoms with E-state index in [0.29, 0.717) is 0 Å². The predicted octanol–water partition coefficient (Wildman–Crippen LogP) is 3.32. The van der Waals surface area contributed by atoms with Crippen LogP contribution < -0.4 is 0 Å². The van der Waals surface area contributed by atoms with Crippen molar-refractivity contribution in [3.05, 3.63) is 76.5 Å². The van der Waals surface area contributed by atoms with Crippen LogP contribution in [0.5, 0.6) is 0 Å². The van der Waals surface area contributed by atoms with E-state index < -0.39 is 6.04 Å². The average Bonchev–Trinajstić information content (AvgIpc) is 2.68. The molecule has 1 aliphatic rings. The monoisotopic (exact) mass is 252 g/mol. The highest BCUT2D eigenvalue weighted by atomic mass is 16.6. The number of benzene rings is 1. The van der Waals surface area contributed by atoms with Gasteiger partial charge in [0.2, 0.25) is 6.04 Å². The molecule has 1 atom stereocenters. The lowest BCUT2D eigenvalue weighted by atomic mass is 10.0. The average molecular weight is 252 g/mol. The maximum Gasteiger partial charge on any atom is 0.250 e. The first-order chi connectivity index (χ1) is 9.25. The fourth-order valence-corrected chi connectivity index (χ4v) is 2.23. The Kier molecular flexibility index (Phi) is 2.76. The molecule has 0 amide bonds. The van der Waals surface area contributed by atoms with Gasteiger partial charge < -0.3 is 4.98 Å². The van der Waals surface area contributed by atoms with Gasteiger partial charge in [-0.15, -0.1) is 0 Å². The zero-order valence-corrected chi connectivity index (χ0v) is 10.1. The van der Waals surface area contributed by atoms with Gasteiger partial charge in [0.05, 0.1) is 0 Å². The van der Waals surface area contributed by atoms with Gasteiger partial charge in [-0.1, -0.05) is 36.4 Å². The number of nitrogens with one attached hydrogen (secondary N) is 1. The van der Waals surface area contributed by atoms with Crippen molar-refractivity contribution in [1.29, 1.82) is 0 Å². The molecule has 1 aliphatic carbocycles. The van der Waals surface area contributed by atoms with E-state index in [1.165, 1.54) is 0 Å². The number of hydrogen-bond acceptors (Lipinski definition) is 2. The second-order valence-corrected chi connectivity index (χ2v) is 4.39. The summed E-state index contributed by atoms with van der Waals surface area (Å²) in [5, 5.41) is 11.9. The highest BCUT2D eigenvalue weighted by Gasteiger charge is 2.14. The second-order valence-electron chi connectivity index (χ2n) is 4.39. The number of rotatable bonds is 2. The van der Waals surface area contributed by atoms with Crippen LogP contribution in [0.4, 0.5) is 0 Å². The normalized spacial score (nSPS) is 18.3. The lowest BCUT2D eigenvalue weighted by Crippen LogP contribution is -2.12. The number of hydrogen-bond donors (Lipinski definition) is 1. The summed E-state index contributed by atoms with van der Waals surface area (Å²) in [6.07, 6.45) is 10.6. The second kappa shape index (κ2) is 4.57. The van der Waals surface area contributed by atoms with Crippen LogP contribution >= 0.6 is 0 Å². The lowest BCUT2D eigenvalue weighted by molar-refractivity contribution is -0.496. The Bertz CT molecular complexity index is 723. The van der Waals surface area contributed by atoms with E-state index in [2.05, 4.69) is 4.98 Å². The molecule has 0 radical (unpaired) electrons. The van der Waals surface area contributed by atoms with Gasteiger partial charge in [0.25, 0.3) is 0 Å². The molecule has 3 rings (SSSR count). The minimum Gasteiger partial charge on any atom is -0.361 e. The van der Waals surface area contributed by atoms with E-state index in [4.69, 9.17) is 0 Å². The fraction of sp³-hybridized carbons (Fsp3) is 0.0667. The number of nitro groups is 1. The summed E-state index contributed by atoms with van der Waals surface area (Å²) in [5.74, 6) is 0. The van der Waals surface area contributed by atoms with E-state index in [-0.39, 0.29) is 4.92 Å². The molecular weight excluding hydrogens is 240 g/mol. The molecule has 0 saturated carbocycles. The zero-order chi connectivity index (χ0) is 13.2. The lowest BCUT2D eigenvalue weighted by Gasteiger charge is -1.99. The Morgan fingerprint density at radius 2 is 2.05 bits per heavy atom. The quantitative estimate of drug-likeness (QED) is 0.658. The summed E-state index contributed by atoms with van der Waals surface area (Å²) >= 11 is 0. The minimum atomic E-state index is -0.751. The first-order valence-corrected chi connectivity index (χ1v) is 6.02. The topological polar surface area (TPSA) is 58.9 Å². The molecule has 0 aliphatic heterocycles. The number of aromatic amines is 1. The van der Waals surface area contributed by atoms with Gasteiger partial charge in [-0.3, -0.25) is 10.1 Å². The molecule has 0 fully saturated rings. The van der Waals surface area contributed by atoms with E-state index in [9.17, 15) is 10.1 Å². The Morgan fingerprint density at radius 3 is 2.89 bits per heavy atom. The number of nitrogens with zero attached hydrogens (tertiary/aromatic N) is 1. The van der Waals surface area contributed by atoms with Crippen molar-refractivity contribution in [1.82, 2.24) is 4.98 Å². The minimum absolute atomic E-state index is 0.307. The largest absolute Gasteiger partial charge is 0.361 e. The van der Waals surface area contributed by atoms with Crippen molar-refractivity contribution in [2.75, 3.05) is 0 Å². The van der Waals surface area contributed by atoms with Gasteiger partial charge in [0, 0.05) is 27.6 Å². The van der Waals surface area contributed by atoms with Gasteiger partial charge in [0.15, 0.2) is 0 Å². The van der Waals surface area contributed by atoms with E-state index in [1.807, 2.05) is 42.6 Å². The third-order valence-electron chi connectivity index (χ3n) is 3.20. The maximum absolute atomic E-state index is 10.8. The van der Waals surface area contributed by atoms with Crippen molar-refractivity contribution in [3.8, 4) is 0 Å². The summed E-state index contributed by atoms with van der Waals surface area (Å²) in [6.45, 7) is 0. The molecule has 0 bridgehead atoms. The van der Waals surface area contributed by atoms with Crippen LogP contribution in [-0.2, 0) is 0 Å². The summed E-state index contributed by atoms with van der Waals surface area (Å²) in [7, 11) is 0. The Labute approximate surface area is 109 Å². The van der Waals surface area contributed by atoms with Crippen LogP contribution in [0.1, 0.15) is 5.56 Å². The molecule has 0 spiro atoms. The summed E-state index contributed by atoms with van der Waals surface area (Å²) in [5.41, 5.74) is 3.09. The van der Waals surface area contributed by atoms with Crippen LogP contribution in [0.3, 0.4) is 0 Å². The van der Waals surface area contributed by atoms with E-state index in [0.717, 1.165) is 22.0 Å². The van der Waals surface area contributed by atoms with Gasteiger partial charge in [-0.2, -0.15) is 0 Å². The molecule has 1 unspecified atom stereocenters. The van der Waals surface area contributed by atoms with Crippen LogP contribution in [0.2, 0.25) is 0 Å². The van der Waals surface area contributed by atoms with Gasteiger partial charge in [-0.05, 0) is 23.8 Å². The number of aromatic nitrogens is 1. The zero-order valence-electron chi connectivity index (χ0n) is 10.1. The third-order valence-corrected chi connectivity index (χ3v) is 3.20. The van der Waals surface area contributed by atoms with Crippen LogP contribution in [0.15, 0.2) is 60.8 Å². The van der Waals surface area contributed by atoms with Crippen molar-refractivity contribution in [3.63, 3.8) is 0 Å². The van der Waals surface area contributed by atoms with Crippen LogP contribution in [-0.4, -0.2) is 15.9 Å². The first-order valence-electron chi connectivity index (χ1n) is 6.02. The smallest absolute Gasteiger partial charge is 0.250 e. The Hall–Kier alpha value is -2.62.